The molecule has 0 bridgehead atoms. The van der Waals surface area contributed by atoms with Crippen molar-refractivity contribution < 1.29 is 4.79 Å². The second kappa shape index (κ2) is 4.89. The molecule has 2 aromatic heterocycles. The summed E-state index contributed by atoms with van der Waals surface area (Å²) in [5.74, 6) is -0.180. The summed E-state index contributed by atoms with van der Waals surface area (Å²) >= 11 is 1.48. The van der Waals surface area contributed by atoms with Gasteiger partial charge in [-0.3, -0.25) is 14.2 Å². The van der Waals surface area contributed by atoms with E-state index < -0.39 is 0 Å². The van der Waals surface area contributed by atoms with Crippen LogP contribution in [0.1, 0.15) is 18.7 Å². The van der Waals surface area contributed by atoms with Crippen molar-refractivity contribution in [3.63, 3.8) is 0 Å². The zero-order valence-electron chi connectivity index (χ0n) is 10.6. The molecule has 0 aliphatic rings. The van der Waals surface area contributed by atoms with Crippen LogP contribution in [0, 0.1) is 6.92 Å². The first-order valence-electron chi connectivity index (χ1n) is 5.72. The molecule has 2 aromatic rings. The van der Waals surface area contributed by atoms with Crippen LogP contribution in [0.5, 0.6) is 0 Å². The van der Waals surface area contributed by atoms with E-state index >= 15 is 0 Å². The summed E-state index contributed by atoms with van der Waals surface area (Å²) in [4.78, 5) is 29.7. The van der Waals surface area contributed by atoms with E-state index in [-0.39, 0.29) is 24.1 Å². The van der Waals surface area contributed by atoms with Crippen molar-refractivity contribution in [3.8, 4) is 0 Å². The van der Waals surface area contributed by atoms with E-state index in [1.54, 1.807) is 0 Å². The van der Waals surface area contributed by atoms with Crippen LogP contribution in [0.25, 0.3) is 10.2 Å². The number of nitrogens with one attached hydrogen (secondary N) is 1. The fourth-order valence-corrected chi connectivity index (χ4v) is 2.55. The minimum Gasteiger partial charge on any atom is -0.352 e. The second-order valence-electron chi connectivity index (χ2n) is 4.48. The average Bonchev–Trinajstić information content (AvgIpc) is 2.63. The van der Waals surface area contributed by atoms with Gasteiger partial charge in [0.15, 0.2) is 0 Å². The van der Waals surface area contributed by atoms with Gasteiger partial charge in [0, 0.05) is 10.9 Å². The van der Waals surface area contributed by atoms with Crippen LogP contribution in [0.3, 0.4) is 0 Å². The number of hydrogen-bond acceptors (Lipinski definition) is 4. The van der Waals surface area contributed by atoms with Crippen molar-refractivity contribution in [3.05, 3.63) is 27.6 Å². The monoisotopic (exact) mass is 265 g/mol. The van der Waals surface area contributed by atoms with Crippen LogP contribution < -0.4 is 10.9 Å². The zero-order valence-corrected chi connectivity index (χ0v) is 11.4. The summed E-state index contributed by atoms with van der Waals surface area (Å²) in [5, 5.41) is 3.33. The molecule has 18 heavy (non-hydrogen) atoms. The highest BCUT2D eigenvalue weighted by Crippen LogP contribution is 2.19. The van der Waals surface area contributed by atoms with Crippen molar-refractivity contribution in [1.82, 2.24) is 14.9 Å². The maximum atomic E-state index is 12.1. The maximum Gasteiger partial charge on any atom is 0.262 e. The van der Waals surface area contributed by atoms with E-state index in [1.807, 2.05) is 26.8 Å². The van der Waals surface area contributed by atoms with Crippen molar-refractivity contribution in [2.45, 2.75) is 33.4 Å². The molecule has 0 spiro atoms. The molecule has 2 heterocycles. The quantitative estimate of drug-likeness (QED) is 0.909. The first-order chi connectivity index (χ1) is 8.47. The van der Waals surface area contributed by atoms with Gasteiger partial charge >= 0.3 is 0 Å². The number of nitrogens with zero attached hydrogens (tertiary/aromatic N) is 2. The smallest absolute Gasteiger partial charge is 0.262 e. The lowest BCUT2D eigenvalue weighted by Gasteiger charge is -2.09. The van der Waals surface area contributed by atoms with Gasteiger partial charge in [0.25, 0.3) is 5.56 Å². The normalized spacial score (nSPS) is 11.1. The summed E-state index contributed by atoms with van der Waals surface area (Å²) in [7, 11) is 0. The Bertz CT molecular complexity index is 642. The van der Waals surface area contributed by atoms with Gasteiger partial charge in [-0.2, -0.15) is 0 Å². The molecule has 1 amide bonds. The van der Waals surface area contributed by atoms with E-state index in [0.717, 1.165) is 9.71 Å². The van der Waals surface area contributed by atoms with Gasteiger partial charge in [0.1, 0.15) is 11.4 Å². The van der Waals surface area contributed by atoms with Crippen LogP contribution in [-0.2, 0) is 11.3 Å². The minimum absolute atomic E-state index is 0.00878. The number of carbonyl (C=O) groups is 1. The summed E-state index contributed by atoms with van der Waals surface area (Å²) in [6.07, 6.45) is 1.43. The fraction of sp³-hybridized carbons (Fsp3) is 0.417. The molecule has 0 unspecified atom stereocenters. The van der Waals surface area contributed by atoms with E-state index in [2.05, 4.69) is 10.3 Å². The molecule has 0 atom stereocenters. The number of amides is 1. The molecule has 2 rings (SSSR count). The Morgan fingerprint density at radius 3 is 2.94 bits per heavy atom. The van der Waals surface area contributed by atoms with Gasteiger partial charge in [-0.05, 0) is 26.8 Å². The standard InChI is InChI=1S/C12H15N3O2S/c1-7(2)14-10(16)5-15-6-13-11-9(12(15)17)4-8(3)18-11/h4,6-7H,5H2,1-3H3,(H,14,16). The zero-order chi connectivity index (χ0) is 13.3. The Hall–Kier alpha value is -1.69. The highest BCUT2D eigenvalue weighted by atomic mass is 32.1. The lowest BCUT2D eigenvalue weighted by atomic mass is 10.3. The Kier molecular flexibility index (Phi) is 3.47. The van der Waals surface area contributed by atoms with Crippen LogP contribution >= 0.6 is 11.3 Å². The molecule has 1 N–H and O–H groups in total. The third kappa shape index (κ3) is 2.59. The van der Waals surface area contributed by atoms with Gasteiger partial charge < -0.3 is 5.32 Å². The van der Waals surface area contributed by atoms with Crippen molar-refractivity contribution in [2.24, 2.45) is 0 Å². The van der Waals surface area contributed by atoms with E-state index in [9.17, 15) is 9.59 Å². The van der Waals surface area contributed by atoms with Crippen LogP contribution in [0.15, 0.2) is 17.2 Å². The molecule has 0 aliphatic carbocycles. The Labute approximate surface area is 108 Å². The molecular formula is C12H15N3O2S. The highest BCUT2D eigenvalue weighted by Gasteiger charge is 2.10. The highest BCUT2D eigenvalue weighted by molar-refractivity contribution is 7.18. The van der Waals surface area contributed by atoms with Gasteiger partial charge in [-0.1, -0.05) is 0 Å². The molecule has 0 aromatic carbocycles. The summed E-state index contributed by atoms with van der Waals surface area (Å²) in [5.41, 5.74) is -0.164. The third-order valence-corrected chi connectivity index (χ3v) is 3.36. The van der Waals surface area contributed by atoms with E-state index in [4.69, 9.17) is 0 Å². The number of aryl methyl sites for hydroxylation is 1. The molecule has 6 heteroatoms. The summed E-state index contributed by atoms with van der Waals surface area (Å²) in [6, 6.07) is 1.87. The lowest BCUT2D eigenvalue weighted by Crippen LogP contribution is -2.36. The number of thiophene rings is 1. The van der Waals surface area contributed by atoms with Crippen molar-refractivity contribution in [1.29, 1.82) is 0 Å². The van der Waals surface area contributed by atoms with Crippen molar-refractivity contribution in [2.75, 3.05) is 0 Å². The van der Waals surface area contributed by atoms with Gasteiger partial charge in [-0.25, -0.2) is 4.98 Å². The first kappa shape index (κ1) is 12.8. The largest absolute Gasteiger partial charge is 0.352 e. The van der Waals surface area contributed by atoms with Crippen LogP contribution in [0.4, 0.5) is 0 Å². The fourth-order valence-electron chi connectivity index (χ4n) is 1.72. The molecule has 0 saturated heterocycles. The molecular weight excluding hydrogens is 250 g/mol. The average molecular weight is 265 g/mol. The first-order valence-corrected chi connectivity index (χ1v) is 6.54. The molecule has 96 valence electrons. The molecule has 0 radical (unpaired) electrons. The van der Waals surface area contributed by atoms with Gasteiger partial charge in [0.2, 0.25) is 5.91 Å². The number of fused-ring (bicyclic) bond motifs is 1. The predicted octanol–water partition coefficient (Wildman–Crippen LogP) is 1.29. The van der Waals surface area contributed by atoms with Crippen LogP contribution in [0.2, 0.25) is 0 Å². The van der Waals surface area contributed by atoms with Gasteiger partial charge in [0.05, 0.1) is 11.7 Å². The number of carbonyl (C=O) groups excluding carboxylic acids is 1. The van der Waals surface area contributed by atoms with Crippen LogP contribution in [-0.4, -0.2) is 21.5 Å². The topological polar surface area (TPSA) is 64.0 Å². The maximum absolute atomic E-state index is 12.1. The van der Waals surface area contributed by atoms with Crippen molar-refractivity contribution >= 4 is 27.5 Å². The number of rotatable bonds is 3. The minimum atomic E-state index is -0.180. The third-order valence-electron chi connectivity index (χ3n) is 2.40. The lowest BCUT2D eigenvalue weighted by molar-refractivity contribution is -0.122. The van der Waals surface area contributed by atoms with Gasteiger partial charge in [-0.15, -0.1) is 11.3 Å². The SMILES string of the molecule is Cc1cc2c(=O)n(CC(=O)NC(C)C)cnc2s1. The predicted molar refractivity (Wildman–Crippen MR) is 71.9 cm³/mol. The summed E-state index contributed by atoms with van der Waals surface area (Å²) in [6.45, 7) is 5.70. The Balaban J connectivity index is 2.32. The summed E-state index contributed by atoms with van der Waals surface area (Å²) < 4.78 is 1.34. The number of hydrogen-bond donors (Lipinski definition) is 1. The Morgan fingerprint density at radius 2 is 2.28 bits per heavy atom. The molecule has 0 aliphatic heterocycles. The van der Waals surface area contributed by atoms with E-state index in [0.29, 0.717) is 5.39 Å². The van der Waals surface area contributed by atoms with E-state index in [1.165, 1.54) is 22.2 Å². The molecule has 5 nitrogen and oxygen atoms in total. The Morgan fingerprint density at radius 1 is 1.56 bits per heavy atom. The molecule has 0 saturated carbocycles. The second-order valence-corrected chi connectivity index (χ2v) is 5.71. The number of aromatic nitrogens is 2. The molecule has 0 fully saturated rings.